The Bertz CT molecular complexity index is 1250. The molecule has 2 N–H and O–H groups in total. The summed E-state index contributed by atoms with van der Waals surface area (Å²) in [5.74, 6) is -0.128. The first-order valence-corrected chi connectivity index (χ1v) is 13.5. The highest BCUT2D eigenvalue weighted by Crippen LogP contribution is 2.49. The molecule has 8 nitrogen and oxygen atoms in total. The first-order chi connectivity index (χ1) is 18.8. The number of hydrogen-bond acceptors (Lipinski definition) is 5. The summed E-state index contributed by atoms with van der Waals surface area (Å²) in [6.07, 6.45) is -3.82. The van der Waals surface area contributed by atoms with Gasteiger partial charge in [-0.1, -0.05) is 24.3 Å². The summed E-state index contributed by atoms with van der Waals surface area (Å²) in [5.41, 5.74) is 0.409. The van der Waals surface area contributed by atoms with E-state index < -0.39 is 29.4 Å². The van der Waals surface area contributed by atoms with Crippen LogP contribution in [0.1, 0.15) is 66.3 Å². The van der Waals surface area contributed by atoms with Crippen molar-refractivity contribution in [3.63, 3.8) is 0 Å². The average molecular weight is 563 g/mol. The minimum atomic E-state index is -4.61. The highest BCUT2D eigenvalue weighted by molar-refractivity contribution is 5.86. The number of fused-ring (bicyclic) bond motifs is 1. The molecule has 0 aliphatic carbocycles. The molecule has 0 radical (unpaired) electrons. The molecule has 3 amide bonds. The van der Waals surface area contributed by atoms with E-state index in [1.807, 2.05) is 31.2 Å². The van der Waals surface area contributed by atoms with Gasteiger partial charge in [0.1, 0.15) is 5.69 Å². The number of aliphatic hydroxyl groups excluding tert-OH is 2. The molecule has 2 saturated heterocycles. The van der Waals surface area contributed by atoms with Gasteiger partial charge in [0.2, 0.25) is 5.91 Å². The van der Waals surface area contributed by atoms with E-state index in [1.165, 1.54) is 4.90 Å². The molecule has 2 aliphatic heterocycles. The fourth-order valence-electron chi connectivity index (χ4n) is 6.26. The van der Waals surface area contributed by atoms with E-state index >= 15 is 0 Å². The van der Waals surface area contributed by atoms with E-state index in [2.05, 4.69) is 4.98 Å². The summed E-state index contributed by atoms with van der Waals surface area (Å²) in [6, 6.07) is 8.11. The summed E-state index contributed by atoms with van der Waals surface area (Å²) in [7, 11) is 1.55. The number of nitrogens with zero attached hydrogens (tertiary/aromatic N) is 4. The molecule has 2 aliphatic rings. The van der Waals surface area contributed by atoms with Crippen LogP contribution in [0.25, 0.3) is 0 Å². The molecule has 1 aromatic heterocycles. The standard InChI is InChI=1S/C29H37F3N4O4/c1-18-15-22(33-24(16-18)29(30,31)32)20(3)34(4)27(40)36-12-11-35-23(25(36)21-8-6-5-7-19(21)2)17-28(9-13-37,10-14-38)26(35)39/h5-8,15-16,20,23,25,37-38H,9-14,17H2,1-4H3/t20-,23+,25+/m1/s1. The van der Waals surface area contributed by atoms with Gasteiger partial charge in [-0.2, -0.15) is 13.2 Å². The maximum Gasteiger partial charge on any atom is 0.433 e. The number of aryl methyl sites for hydroxylation is 2. The highest BCUT2D eigenvalue weighted by Gasteiger charge is 2.56. The van der Waals surface area contributed by atoms with Gasteiger partial charge in [-0.15, -0.1) is 0 Å². The van der Waals surface area contributed by atoms with Crippen LogP contribution in [0, 0.1) is 19.3 Å². The Morgan fingerprint density at radius 1 is 1.15 bits per heavy atom. The van der Waals surface area contributed by atoms with Crippen LogP contribution < -0.4 is 0 Å². The van der Waals surface area contributed by atoms with Gasteiger partial charge in [0.25, 0.3) is 0 Å². The van der Waals surface area contributed by atoms with Gasteiger partial charge in [-0.05, 0) is 68.9 Å². The number of hydrogen-bond donors (Lipinski definition) is 2. The molecular weight excluding hydrogens is 525 g/mol. The van der Waals surface area contributed by atoms with Gasteiger partial charge >= 0.3 is 12.2 Å². The molecule has 0 bridgehead atoms. The fraction of sp³-hybridized carbons (Fsp3) is 0.552. The number of rotatable bonds is 7. The lowest BCUT2D eigenvalue weighted by Crippen LogP contribution is -2.57. The molecule has 2 aromatic rings. The lowest BCUT2D eigenvalue weighted by Gasteiger charge is -2.47. The van der Waals surface area contributed by atoms with Gasteiger partial charge < -0.3 is 24.9 Å². The Kier molecular flexibility index (Phi) is 8.46. The fourth-order valence-corrected chi connectivity index (χ4v) is 6.26. The number of benzene rings is 1. The Morgan fingerprint density at radius 2 is 1.80 bits per heavy atom. The molecule has 1 aromatic carbocycles. The number of carbonyl (C=O) groups excluding carboxylic acids is 2. The summed E-state index contributed by atoms with van der Waals surface area (Å²) < 4.78 is 40.4. The number of halogens is 3. The summed E-state index contributed by atoms with van der Waals surface area (Å²) >= 11 is 0. The van der Waals surface area contributed by atoms with Crippen molar-refractivity contribution < 1.29 is 33.0 Å². The number of carbonyl (C=O) groups is 2. The van der Waals surface area contributed by atoms with Crippen molar-refractivity contribution in [2.75, 3.05) is 33.4 Å². The van der Waals surface area contributed by atoms with E-state index in [0.717, 1.165) is 17.2 Å². The second-order valence-electron chi connectivity index (χ2n) is 11.0. The van der Waals surface area contributed by atoms with Crippen molar-refractivity contribution in [2.45, 2.75) is 64.3 Å². The molecule has 3 heterocycles. The van der Waals surface area contributed by atoms with Crippen molar-refractivity contribution in [1.82, 2.24) is 19.7 Å². The van der Waals surface area contributed by atoms with Crippen molar-refractivity contribution in [2.24, 2.45) is 5.41 Å². The highest BCUT2D eigenvalue weighted by atomic mass is 19.4. The minimum Gasteiger partial charge on any atom is -0.396 e. The molecule has 0 saturated carbocycles. The third-order valence-electron chi connectivity index (χ3n) is 8.52. The molecule has 40 heavy (non-hydrogen) atoms. The summed E-state index contributed by atoms with van der Waals surface area (Å²) in [4.78, 5) is 36.4. The molecule has 2 fully saturated rings. The van der Waals surface area contributed by atoms with Crippen LogP contribution in [0.3, 0.4) is 0 Å². The van der Waals surface area contributed by atoms with Crippen molar-refractivity contribution in [1.29, 1.82) is 0 Å². The van der Waals surface area contributed by atoms with Gasteiger partial charge in [0, 0.05) is 33.4 Å². The van der Waals surface area contributed by atoms with E-state index in [0.29, 0.717) is 12.0 Å². The predicted molar refractivity (Wildman–Crippen MR) is 142 cm³/mol. The number of amides is 3. The number of aromatic nitrogens is 1. The Labute approximate surface area is 232 Å². The first kappa shape index (κ1) is 29.8. The van der Waals surface area contributed by atoms with Crippen LogP contribution in [0.15, 0.2) is 36.4 Å². The topological polar surface area (TPSA) is 97.2 Å². The van der Waals surface area contributed by atoms with E-state index in [9.17, 15) is 33.0 Å². The van der Waals surface area contributed by atoms with Crippen molar-refractivity contribution in [3.05, 3.63) is 64.5 Å². The third kappa shape index (κ3) is 5.41. The van der Waals surface area contributed by atoms with Crippen LogP contribution in [-0.2, 0) is 11.0 Å². The Morgan fingerprint density at radius 3 is 2.40 bits per heavy atom. The van der Waals surface area contributed by atoms with E-state index in [4.69, 9.17) is 0 Å². The zero-order valence-electron chi connectivity index (χ0n) is 23.3. The number of piperazine rings is 1. The molecule has 3 atom stereocenters. The van der Waals surface area contributed by atoms with Gasteiger partial charge in [-0.3, -0.25) is 4.79 Å². The predicted octanol–water partition coefficient (Wildman–Crippen LogP) is 4.24. The Hall–Kier alpha value is -3.18. The zero-order valence-corrected chi connectivity index (χ0v) is 23.3. The lowest BCUT2D eigenvalue weighted by atomic mass is 9.77. The largest absolute Gasteiger partial charge is 0.433 e. The van der Waals surface area contributed by atoms with Gasteiger partial charge in [0.05, 0.1) is 29.2 Å². The lowest BCUT2D eigenvalue weighted by molar-refractivity contribution is -0.141. The smallest absolute Gasteiger partial charge is 0.396 e. The van der Waals surface area contributed by atoms with Gasteiger partial charge in [-0.25, -0.2) is 9.78 Å². The third-order valence-corrected chi connectivity index (χ3v) is 8.52. The van der Waals surface area contributed by atoms with Gasteiger partial charge in [0.15, 0.2) is 0 Å². The maximum absolute atomic E-state index is 14.1. The average Bonchev–Trinajstić information content (AvgIpc) is 3.18. The van der Waals surface area contributed by atoms with Crippen molar-refractivity contribution >= 4 is 11.9 Å². The minimum absolute atomic E-state index is 0.128. The van der Waals surface area contributed by atoms with Crippen molar-refractivity contribution in [3.8, 4) is 0 Å². The normalized spacial score (nSPS) is 21.4. The number of aliphatic hydroxyl groups is 2. The molecule has 11 heteroatoms. The summed E-state index contributed by atoms with van der Waals surface area (Å²) in [6.45, 7) is 5.24. The van der Waals surface area contributed by atoms with E-state index in [1.54, 1.807) is 36.8 Å². The van der Waals surface area contributed by atoms with Crippen LogP contribution in [0.5, 0.6) is 0 Å². The molecular formula is C29H37F3N4O4. The Balaban J connectivity index is 1.71. The number of pyridine rings is 1. The number of urea groups is 1. The van der Waals surface area contributed by atoms with Crippen LogP contribution in [0.4, 0.5) is 18.0 Å². The second-order valence-corrected chi connectivity index (χ2v) is 11.0. The maximum atomic E-state index is 14.1. The zero-order chi connectivity index (χ0) is 29.4. The van der Waals surface area contributed by atoms with Crippen LogP contribution in [-0.4, -0.2) is 81.2 Å². The molecule has 0 unspecified atom stereocenters. The monoisotopic (exact) mass is 562 g/mol. The molecule has 218 valence electrons. The van der Waals surface area contributed by atoms with E-state index in [-0.39, 0.29) is 62.8 Å². The molecule has 4 rings (SSSR count). The summed E-state index contributed by atoms with van der Waals surface area (Å²) in [5, 5.41) is 19.5. The van der Waals surface area contributed by atoms with Crippen LogP contribution >= 0.6 is 0 Å². The van der Waals surface area contributed by atoms with Crippen LogP contribution in [0.2, 0.25) is 0 Å². The number of alkyl halides is 3. The second kappa shape index (κ2) is 11.4. The quantitative estimate of drug-likeness (QED) is 0.526. The first-order valence-electron chi connectivity index (χ1n) is 13.5. The SMILES string of the molecule is Cc1cc([C@@H](C)N(C)C(=O)N2CCN3C(=O)C(CCO)(CCO)C[C@H]3[C@@H]2c2ccccc2C)nc(C(F)(F)F)c1. The molecule has 0 spiro atoms.